The van der Waals surface area contributed by atoms with Crippen LogP contribution in [0.4, 0.5) is 0 Å². The quantitative estimate of drug-likeness (QED) is 0.380. The van der Waals surface area contributed by atoms with Crippen molar-refractivity contribution in [1.82, 2.24) is 0 Å². The number of terminal acetylenes is 1. The lowest BCUT2D eigenvalue weighted by Crippen LogP contribution is -1.95. The zero-order valence-corrected chi connectivity index (χ0v) is 13.1. The standard InChI is InChI=1S/C17H20S2/c1-4-7-13-18-17(19-14-8-5-2)16-12-10-9-11-15(16)6-3/h3-5,7-12,17H,13-14H2,1-2H3. The first kappa shape index (κ1) is 16.0. The van der Waals surface area contributed by atoms with Crippen molar-refractivity contribution in [1.29, 1.82) is 0 Å². The van der Waals surface area contributed by atoms with Crippen LogP contribution in [0.1, 0.15) is 29.6 Å². The normalized spacial score (nSPS) is 12.9. The van der Waals surface area contributed by atoms with Gasteiger partial charge in [-0.15, -0.1) is 29.9 Å². The second kappa shape index (κ2) is 9.83. The van der Waals surface area contributed by atoms with Crippen molar-refractivity contribution in [2.45, 2.75) is 18.4 Å². The van der Waals surface area contributed by atoms with E-state index in [9.17, 15) is 0 Å². The molecule has 0 atom stereocenters. The number of allylic oxidation sites excluding steroid dienone is 2. The van der Waals surface area contributed by atoms with Gasteiger partial charge < -0.3 is 0 Å². The van der Waals surface area contributed by atoms with Gasteiger partial charge in [0.1, 0.15) is 0 Å². The fraction of sp³-hybridized carbons (Fsp3) is 0.294. The highest BCUT2D eigenvalue weighted by atomic mass is 32.2. The molecule has 100 valence electrons. The molecule has 0 unspecified atom stereocenters. The van der Waals surface area contributed by atoms with Gasteiger partial charge in [-0.25, -0.2) is 0 Å². The van der Waals surface area contributed by atoms with Gasteiger partial charge in [-0.1, -0.05) is 48.4 Å². The molecule has 0 nitrogen and oxygen atoms in total. The molecule has 0 spiro atoms. The minimum atomic E-state index is 0.389. The first-order valence-corrected chi connectivity index (χ1v) is 8.44. The van der Waals surface area contributed by atoms with Gasteiger partial charge in [-0.2, -0.15) is 0 Å². The van der Waals surface area contributed by atoms with Gasteiger partial charge in [-0.05, 0) is 25.5 Å². The van der Waals surface area contributed by atoms with Crippen molar-refractivity contribution in [3.63, 3.8) is 0 Å². The molecule has 2 heteroatoms. The Morgan fingerprint density at radius 3 is 2.21 bits per heavy atom. The van der Waals surface area contributed by atoms with Crippen molar-refractivity contribution in [2.75, 3.05) is 11.5 Å². The van der Waals surface area contributed by atoms with Gasteiger partial charge in [-0.3, -0.25) is 0 Å². The molecule has 0 amide bonds. The Kier molecular flexibility index (Phi) is 8.29. The third kappa shape index (κ3) is 5.63. The molecule has 0 bridgehead atoms. The lowest BCUT2D eigenvalue weighted by Gasteiger charge is -2.16. The first-order chi connectivity index (χ1) is 9.33. The topological polar surface area (TPSA) is 0 Å². The van der Waals surface area contributed by atoms with Crippen LogP contribution in [0.2, 0.25) is 0 Å². The van der Waals surface area contributed by atoms with Crippen LogP contribution in [0.25, 0.3) is 0 Å². The molecule has 0 heterocycles. The summed E-state index contributed by atoms with van der Waals surface area (Å²) in [6.07, 6.45) is 14.2. The monoisotopic (exact) mass is 288 g/mol. The minimum Gasteiger partial charge on any atom is -0.139 e. The minimum absolute atomic E-state index is 0.389. The molecule has 0 aliphatic heterocycles. The molecule has 0 N–H and O–H groups in total. The van der Waals surface area contributed by atoms with E-state index in [1.54, 1.807) is 0 Å². The molecule has 19 heavy (non-hydrogen) atoms. The van der Waals surface area contributed by atoms with E-state index in [0.717, 1.165) is 17.1 Å². The summed E-state index contributed by atoms with van der Waals surface area (Å²) in [7, 11) is 0. The molecule has 0 aromatic heterocycles. The van der Waals surface area contributed by atoms with E-state index in [-0.39, 0.29) is 0 Å². The molecule has 0 radical (unpaired) electrons. The highest BCUT2D eigenvalue weighted by Crippen LogP contribution is 2.40. The molecule has 0 saturated carbocycles. The number of hydrogen-bond donors (Lipinski definition) is 0. The maximum atomic E-state index is 5.60. The third-order valence-electron chi connectivity index (χ3n) is 2.53. The maximum absolute atomic E-state index is 5.60. The fourth-order valence-corrected chi connectivity index (χ4v) is 4.12. The zero-order chi connectivity index (χ0) is 13.9. The molecule has 0 aliphatic rings. The smallest absolute Gasteiger partial charge is 0.0769 e. The van der Waals surface area contributed by atoms with Crippen molar-refractivity contribution in [2.24, 2.45) is 0 Å². The van der Waals surface area contributed by atoms with Crippen molar-refractivity contribution in [3.8, 4) is 12.3 Å². The van der Waals surface area contributed by atoms with Gasteiger partial charge in [0.2, 0.25) is 0 Å². The highest BCUT2D eigenvalue weighted by molar-refractivity contribution is 8.16. The Balaban J connectivity index is 2.84. The Labute approximate surface area is 125 Å². The molecule has 0 fully saturated rings. The molecular weight excluding hydrogens is 268 g/mol. The van der Waals surface area contributed by atoms with Crippen molar-refractivity contribution >= 4 is 23.5 Å². The molecule has 0 saturated heterocycles. The third-order valence-corrected chi connectivity index (χ3v) is 5.23. The van der Waals surface area contributed by atoms with E-state index in [1.807, 2.05) is 35.7 Å². The van der Waals surface area contributed by atoms with Crippen LogP contribution in [0.3, 0.4) is 0 Å². The number of benzene rings is 1. The Morgan fingerprint density at radius 1 is 1.11 bits per heavy atom. The molecule has 1 aromatic carbocycles. The molecule has 1 aromatic rings. The van der Waals surface area contributed by atoms with Crippen LogP contribution in [0.5, 0.6) is 0 Å². The summed E-state index contributed by atoms with van der Waals surface area (Å²) >= 11 is 3.85. The average Bonchev–Trinajstić information content (AvgIpc) is 2.46. The summed E-state index contributed by atoms with van der Waals surface area (Å²) in [5.41, 5.74) is 2.27. The highest BCUT2D eigenvalue weighted by Gasteiger charge is 2.14. The summed E-state index contributed by atoms with van der Waals surface area (Å²) in [6.45, 7) is 4.11. The summed E-state index contributed by atoms with van der Waals surface area (Å²) in [5.74, 6) is 4.83. The predicted molar refractivity (Wildman–Crippen MR) is 91.7 cm³/mol. The van der Waals surface area contributed by atoms with Crippen molar-refractivity contribution in [3.05, 3.63) is 59.7 Å². The Bertz CT molecular complexity index is 450. The van der Waals surface area contributed by atoms with Crippen molar-refractivity contribution < 1.29 is 0 Å². The predicted octanol–water partition coefficient (Wildman–Crippen LogP) is 5.29. The summed E-state index contributed by atoms with van der Waals surface area (Å²) in [4.78, 5) is 0. The van der Waals surface area contributed by atoms with Gasteiger partial charge in [0, 0.05) is 17.1 Å². The number of rotatable bonds is 7. The van der Waals surface area contributed by atoms with Crippen LogP contribution in [-0.2, 0) is 0 Å². The summed E-state index contributed by atoms with van der Waals surface area (Å²) in [5, 5.41) is 0. The number of hydrogen-bond acceptors (Lipinski definition) is 2. The largest absolute Gasteiger partial charge is 0.139 e. The Hall–Kier alpha value is -1.04. The molecular formula is C17H20S2. The average molecular weight is 288 g/mol. The van der Waals surface area contributed by atoms with Gasteiger partial charge in [0.05, 0.1) is 4.58 Å². The lowest BCUT2D eigenvalue weighted by molar-refractivity contribution is 1.35. The maximum Gasteiger partial charge on any atom is 0.0769 e. The number of thioether (sulfide) groups is 2. The van der Waals surface area contributed by atoms with Crippen LogP contribution in [0, 0.1) is 12.3 Å². The second-order valence-electron chi connectivity index (χ2n) is 3.87. The molecule has 0 aliphatic carbocycles. The van der Waals surface area contributed by atoms with Crippen LogP contribution < -0.4 is 0 Å². The van der Waals surface area contributed by atoms with Crippen LogP contribution >= 0.6 is 23.5 Å². The summed E-state index contributed by atoms with van der Waals surface area (Å²) in [6, 6.07) is 8.23. The molecule has 1 rings (SSSR count). The second-order valence-corrected chi connectivity index (χ2v) is 6.44. The Morgan fingerprint density at radius 2 is 1.68 bits per heavy atom. The van der Waals surface area contributed by atoms with E-state index in [4.69, 9.17) is 6.42 Å². The van der Waals surface area contributed by atoms with E-state index in [1.165, 1.54) is 5.56 Å². The van der Waals surface area contributed by atoms with E-state index < -0.39 is 0 Å². The first-order valence-electron chi connectivity index (χ1n) is 6.34. The fourth-order valence-electron chi connectivity index (χ4n) is 1.54. The summed E-state index contributed by atoms with van der Waals surface area (Å²) < 4.78 is 0.389. The van der Waals surface area contributed by atoms with Gasteiger partial charge in [0.15, 0.2) is 0 Å². The van der Waals surface area contributed by atoms with E-state index in [2.05, 4.69) is 56.2 Å². The van der Waals surface area contributed by atoms with E-state index in [0.29, 0.717) is 4.58 Å². The van der Waals surface area contributed by atoms with E-state index >= 15 is 0 Å². The zero-order valence-electron chi connectivity index (χ0n) is 11.5. The van der Waals surface area contributed by atoms with Crippen LogP contribution in [-0.4, -0.2) is 11.5 Å². The van der Waals surface area contributed by atoms with Gasteiger partial charge >= 0.3 is 0 Å². The van der Waals surface area contributed by atoms with Gasteiger partial charge in [0.25, 0.3) is 0 Å². The van der Waals surface area contributed by atoms with Crippen LogP contribution in [0.15, 0.2) is 48.6 Å². The SMILES string of the molecule is C#Cc1ccccc1C(SCC=CC)SCC=CC. The lowest BCUT2D eigenvalue weighted by atomic mass is 10.1.